The predicted molar refractivity (Wildman–Crippen MR) is 61.4 cm³/mol. The molecular weight excluding hydrogens is 242 g/mol. The summed E-state index contributed by atoms with van der Waals surface area (Å²) < 4.78 is 15.3. The van der Waals surface area contributed by atoms with Gasteiger partial charge in [-0.3, -0.25) is 0 Å². The first-order valence-electron chi connectivity index (χ1n) is 5.65. The van der Waals surface area contributed by atoms with Crippen molar-refractivity contribution in [3.8, 4) is 0 Å². The zero-order valence-corrected chi connectivity index (χ0v) is 10.8. The maximum Gasteiger partial charge on any atom is 0.408 e. The number of amides is 1. The third-order valence-corrected chi connectivity index (χ3v) is 2.22. The minimum absolute atomic E-state index is 0.151. The first kappa shape index (κ1) is 14.7. The van der Waals surface area contributed by atoms with Crippen LogP contribution in [0.15, 0.2) is 0 Å². The van der Waals surface area contributed by atoms with E-state index in [1.165, 1.54) is 0 Å². The predicted octanol–water partition coefficient (Wildman–Crippen LogP) is 0.381. The van der Waals surface area contributed by atoms with Crippen LogP contribution in [-0.2, 0) is 19.0 Å². The molecule has 7 nitrogen and oxygen atoms in total. The lowest BCUT2D eigenvalue weighted by molar-refractivity contribution is -0.148. The molecule has 1 heterocycles. The van der Waals surface area contributed by atoms with Crippen LogP contribution in [-0.4, -0.2) is 54.7 Å². The molecule has 0 unspecified atom stereocenters. The van der Waals surface area contributed by atoms with Crippen molar-refractivity contribution in [3.63, 3.8) is 0 Å². The van der Waals surface area contributed by atoms with Crippen molar-refractivity contribution in [1.82, 2.24) is 5.32 Å². The zero-order chi connectivity index (χ0) is 13.8. The number of carbonyl (C=O) groups excluding carboxylic acids is 1. The van der Waals surface area contributed by atoms with Crippen LogP contribution in [0, 0.1) is 0 Å². The van der Waals surface area contributed by atoms with Crippen molar-refractivity contribution in [2.75, 3.05) is 26.4 Å². The summed E-state index contributed by atoms with van der Waals surface area (Å²) in [5.74, 6) is -1.21. The van der Waals surface area contributed by atoms with Crippen molar-refractivity contribution < 1.29 is 28.9 Å². The van der Waals surface area contributed by atoms with E-state index in [0.717, 1.165) is 0 Å². The number of nitrogens with one attached hydrogen (secondary N) is 1. The Labute approximate surface area is 105 Å². The fraction of sp³-hybridized carbons (Fsp3) is 0.818. The highest BCUT2D eigenvalue weighted by molar-refractivity contribution is 5.84. The summed E-state index contributed by atoms with van der Waals surface area (Å²) in [5, 5.41) is 11.5. The normalized spacial score (nSPS) is 19.7. The van der Waals surface area contributed by atoms with Crippen molar-refractivity contribution in [1.29, 1.82) is 0 Å². The monoisotopic (exact) mass is 261 g/mol. The minimum atomic E-state index is -1.60. The van der Waals surface area contributed by atoms with Gasteiger partial charge in [-0.15, -0.1) is 0 Å². The van der Waals surface area contributed by atoms with Crippen molar-refractivity contribution in [2.24, 2.45) is 0 Å². The minimum Gasteiger partial charge on any atom is -0.479 e. The molecule has 2 N–H and O–H groups in total. The molecule has 1 rings (SSSR count). The molecule has 0 aromatic heterocycles. The Morgan fingerprint density at radius 1 is 1.22 bits per heavy atom. The maximum atomic E-state index is 11.6. The van der Waals surface area contributed by atoms with E-state index in [1.807, 2.05) is 0 Å². The van der Waals surface area contributed by atoms with Gasteiger partial charge in [0.2, 0.25) is 0 Å². The molecule has 0 aromatic carbocycles. The molecule has 7 heteroatoms. The van der Waals surface area contributed by atoms with Crippen LogP contribution < -0.4 is 5.32 Å². The Morgan fingerprint density at radius 2 is 1.72 bits per heavy atom. The number of hydrogen-bond donors (Lipinski definition) is 2. The molecule has 0 spiro atoms. The molecule has 1 aliphatic rings. The highest BCUT2D eigenvalue weighted by Gasteiger charge is 2.43. The molecule has 0 atom stereocenters. The number of ether oxygens (including phenoxy) is 3. The quantitative estimate of drug-likeness (QED) is 0.746. The van der Waals surface area contributed by atoms with Gasteiger partial charge in [0.05, 0.1) is 26.4 Å². The lowest BCUT2D eigenvalue weighted by Gasteiger charge is -2.29. The Morgan fingerprint density at radius 3 is 2.11 bits per heavy atom. The van der Waals surface area contributed by atoms with Crippen LogP contribution >= 0.6 is 0 Å². The second kappa shape index (κ2) is 5.53. The van der Waals surface area contributed by atoms with Crippen molar-refractivity contribution in [2.45, 2.75) is 31.9 Å². The van der Waals surface area contributed by atoms with Crippen LogP contribution in [0.25, 0.3) is 0 Å². The van der Waals surface area contributed by atoms with Gasteiger partial charge in [-0.1, -0.05) is 0 Å². The third kappa shape index (κ3) is 4.15. The van der Waals surface area contributed by atoms with Crippen LogP contribution in [0.5, 0.6) is 0 Å². The Hall–Kier alpha value is -1.34. The van der Waals surface area contributed by atoms with Gasteiger partial charge in [-0.2, -0.15) is 0 Å². The van der Waals surface area contributed by atoms with Crippen LogP contribution in [0.2, 0.25) is 0 Å². The lowest BCUT2D eigenvalue weighted by Crippen LogP contribution is -2.60. The van der Waals surface area contributed by atoms with Crippen LogP contribution in [0.1, 0.15) is 20.8 Å². The highest BCUT2D eigenvalue weighted by Crippen LogP contribution is 2.13. The number of hydrogen-bond acceptors (Lipinski definition) is 5. The summed E-state index contributed by atoms with van der Waals surface area (Å²) in [6, 6.07) is 0. The van der Waals surface area contributed by atoms with Gasteiger partial charge in [-0.05, 0) is 20.8 Å². The van der Waals surface area contributed by atoms with E-state index in [4.69, 9.17) is 14.2 Å². The smallest absolute Gasteiger partial charge is 0.408 e. The van der Waals surface area contributed by atoms with Crippen LogP contribution in [0.4, 0.5) is 4.79 Å². The fourth-order valence-electron chi connectivity index (χ4n) is 1.40. The fourth-order valence-corrected chi connectivity index (χ4v) is 1.40. The number of aliphatic carboxylic acids is 1. The molecule has 0 aliphatic carbocycles. The number of carboxylic acids is 1. The lowest BCUT2D eigenvalue weighted by atomic mass is 10.0. The molecule has 0 saturated carbocycles. The molecule has 0 radical (unpaired) electrons. The van der Waals surface area contributed by atoms with E-state index in [1.54, 1.807) is 20.8 Å². The summed E-state index contributed by atoms with van der Waals surface area (Å²) in [7, 11) is 0. The molecular formula is C11H19NO6. The standard InChI is InChI=1S/C11H19NO6/c1-10(2,3)18-9(15)12-11(8(13)14)6-16-4-5-17-7-11/h4-7H2,1-3H3,(H,12,15)(H,13,14). The average molecular weight is 261 g/mol. The molecule has 1 saturated heterocycles. The first-order chi connectivity index (χ1) is 8.25. The summed E-state index contributed by atoms with van der Waals surface area (Å²) in [5.41, 5.74) is -2.30. The zero-order valence-electron chi connectivity index (χ0n) is 10.8. The van der Waals surface area contributed by atoms with E-state index in [0.29, 0.717) is 13.2 Å². The SMILES string of the molecule is CC(C)(C)OC(=O)NC1(C(=O)O)COCCOC1. The van der Waals surface area contributed by atoms with Gasteiger partial charge in [0, 0.05) is 0 Å². The summed E-state index contributed by atoms with van der Waals surface area (Å²) in [6.45, 7) is 5.37. The topological polar surface area (TPSA) is 94.1 Å². The molecule has 0 bridgehead atoms. The summed E-state index contributed by atoms with van der Waals surface area (Å²) in [4.78, 5) is 22.9. The van der Waals surface area contributed by atoms with E-state index in [9.17, 15) is 14.7 Å². The van der Waals surface area contributed by atoms with E-state index in [2.05, 4.69) is 5.32 Å². The summed E-state index contributed by atoms with van der Waals surface area (Å²) >= 11 is 0. The largest absolute Gasteiger partial charge is 0.479 e. The van der Waals surface area contributed by atoms with E-state index < -0.39 is 23.2 Å². The molecule has 1 fully saturated rings. The second-order valence-corrected chi connectivity index (χ2v) is 5.12. The number of rotatable bonds is 2. The van der Waals surface area contributed by atoms with Crippen molar-refractivity contribution >= 4 is 12.1 Å². The van der Waals surface area contributed by atoms with Gasteiger partial charge in [-0.25, -0.2) is 9.59 Å². The van der Waals surface area contributed by atoms with Gasteiger partial charge in [0.15, 0.2) is 5.54 Å². The summed E-state index contributed by atoms with van der Waals surface area (Å²) in [6.07, 6.45) is -0.806. The third-order valence-electron chi connectivity index (χ3n) is 2.22. The van der Waals surface area contributed by atoms with Crippen LogP contribution in [0.3, 0.4) is 0 Å². The highest BCUT2D eigenvalue weighted by atomic mass is 16.6. The number of carboxylic acid groups (broad SMARTS) is 1. The molecule has 1 amide bonds. The average Bonchev–Trinajstić information content (AvgIpc) is 2.41. The Balaban J connectivity index is 2.73. The second-order valence-electron chi connectivity index (χ2n) is 5.12. The number of carbonyl (C=O) groups is 2. The van der Waals surface area contributed by atoms with E-state index in [-0.39, 0.29) is 13.2 Å². The maximum absolute atomic E-state index is 11.6. The van der Waals surface area contributed by atoms with Gasteiger partial charge in [0.1, 0.15) is 5.60 Å². The Kier molecular flexibility index (Phi) is 4.53. The van der Waals surface area contributed by atoms with Gasteiger partial charge < -0.3 is 24.6 Å². The molecule has 1 aliphatic heterocycles. The number of alkyl carbamates (subject to hydrolysis) is 1. The van der Waals surface area contributed by atoms with Gasteiger partial charge in [0.25, 0.3) is 0 Å². The molecule has 104 valence electrons. The van der Waals surface area contributed by atoms with E-state index >= 15 is 0 Å². The van der Waals surface area contributed by atoms with Crippen molar-refractivity contribution in [3.05, 3.63) is 0 Å². The Bertz CT molecular complexity index is 314. The molecule has 0 aromatic rings. The molecule has 18 heavy (non-hydrogen) atoms. The van der Waals surface area contributed by atoms with Gasteiger partial charge >= 0.3 is 12.1 Å². The first-order valence-corrected chi connectivity index (χ1v) is 5.65.